The Hall–Kier alpha value is -3.46. The predicted molar refractivity (Wildman–Crippen MR) is 91.6 cm³/mol. The fraction of sp³-hybridized carbons (Fsp3) is 0.158. The monoisotopic (exact) mass is 339 g/mol. The molecule has 128 valence electrons. The number of ether oxygens (including phenoxy) is 2. The minimum atomic E-state index is -0.596. The summed E-state index contributed by atoms with van der Waals surface area (Å²) in [7, 11) is 1.38. The number of carbonyl (C=O) groups is 2. The van der Waals surface area contributed by atoms with Crippen molar-refractivity contribution in [3.8, 4) is 23.3 Å². The summed E-state index contributed by atoms with van der Waals surface area (Å²) in [4.78, 5) is 22.5. The molecule has 0 spiro atoms. The van der Waals surface area contributed by atoms with Crippen LogP contribution in [0.2, 0.25) is 0 Å². The molecule has 0 aliphatic heterocycles. The Bertz CT molecular complexity index is 806. The van der Waals surface area contributed by atoms with Crippen molar-refractivity contribution in [3.63, 3.8) is 0 Å². The minimum Gasteiger partial charge on any atom is -0.503 e. The standard InChI is InChI=1S/C19H17NO5/c1-24-17-11-15(12-21)10-16(18(17)22)8-5-9-20-19(23)25-13-14-6-3-2-4-7-14/h2-4,6-7,10-12,22H,9,13H2,1H3,(H,20,23). The number of aldehydes is 1. The van der Waals surface area contributed by atoms with Gasteiger partial charge in [-0.1, -0.05) is 42.2 Å². The summed E-state index contributed by atoms with van der Waals surface area (Å²) >= 11 is 0. The van der Waals surface area contributed by atoms with Crippen LogP contribution in [-0.4, -0.2) is 31.1 Å². The average Bonchev–Trinajstić information content (AvgIpc) is 2.65. The Kier molecular flexibility index (Phi) is 6.43. The number of amides is 1. The first-order valence-electron chi connectivity index (χ1n) is 7.43. The maximum absolute atomic E-state index is 11.6. The van der Waals surface area contributed by atoms with E-state index in [9.17, 15) is 14.7 Å². The fourth-order valence-electron chi connectivity index (χ4n) is 1.98. The summed E-state index contributed by atoms with van der Waals surface area (Å²) in [5.41, 5.74) is 1.45. The molecule has 2 N–H and O–H groups in total. The maximum Gasteiger partial charge on any atom is 0.408 e. The average molecular weight is 339 g/mol. The molecular formula is C19H17NO5. The number of hydrogen-bond acceptors (Lipinski definition) is 5. The van der Waals surface area contributed by atoms with Gasteiger partial charge in [0.1, 0.15) is 12.9 Å². The van der Waals surface area contributed by atoms with E-state index in [1.54, 1.807) is 0 Å². The van der Waals surface area contributed by atoms with Gasteiger partial charge in [0.15, 0.2) is 11.5 Å². The van der Waals surface area contributed by atoms with Gasteiger partial charge < -0.3 is 19.9 Å². The first-order valence-corrected chi connectivity index (χ1v) is 7.43. The van der Waals surface area contributed by atoms with Crippen molar-refractivity contribution in [2.45, 2.75) is 6.61 Å². The number of carbonyl (C=O) groups excluding carboxylic acids is 2. The Morgan fingerprint density at radius 2 is 2.04 bits per heavy atom. The van der Waals surface area contributed by atoms with E-state index in [4.69, 9.17) is 9.47 Å². The van der Waals surface area contributed by atoms with Gasteiger partial charge in [-0.3, -0.25) is 4.79 Å². The Labute approximate surface area is 145 Å². The highest BCUT2D eigenvalue weighted by Gasteiger charge is 2.08. The lowest BCUT2D eigenvalue weighted by molar-refractivity contribution is 0.112. The molecule has 25 heavy (non-hydrogen) atoms. The Balaban J connectivity index is 1.90. The number of hydrogen-bond donors (Lipinski definition) is 2. The quantitative estimate of drug-likeness (QED) is 0.646. The summed E-state index contributed by atoms with van der Waals surface area (Å²) in [6, 6.07) is 12.1. The molecule has 0 bridgehead atoms. The third-order valence-corrected chi connectivity index (χ3v) is 3.21. The van der Waals surface area contributed by atoms with E-state index in [0.717, 1.165) is 5.56 Å². The van der Waals surface area contributed by atoms with E-state index >= 15 is 0 Å². The summed E-state index contributed by atoms with van der Waals surface area (Å²) in [5, 5.41) is 12.5. The van der Waals surface area contributed by atoms with Crippen molar-refractivity contribution >= 4 is 12.4 Å². The predicted octanol–water partition coefficient (Wildman–Crippen LogP) is 2.49. The molecule has 0 saturated heterocycles. The summed E-state index contributed by atoms with van der Waals surface area (Å²) in [6.07, 6.45) is 0.0355. The Morgan fingerprint density at radius 3 is 2.72 bits per heavy atom. The van der Waals surface area contributed by atoms with Gasteiger partial charge in [-0.15, -0.1) is 0 Å². The number of alkyl carbamates (subject to hydrolysis) is 1. The first kappa shape index (κ1) is 17.9. The molecule has 6 nitrogen and oxygen atoms in total. The van der Waals surface area contributed by atoms with E-state index in [1.165, 1.54) is 19.2 Å². The van der Waals surface area contributed by atoms with Gasteiger partial charge in [0.25, 0.3) is 0 Å². The van der Waals surface area contributed by atoms with Crippen molar-refractivity contribution in [1.29, 1.82) is 0 Å². The zero-order valence-electron chi connectivity index (χ0n) is 13.6. The largest absolute Gasteiger partial charge is 0.503 e. The SMILES string of the molecule is COc1cc(C=O)cc(C#CCNC(=O)OCc2ccccc2)c1O. The molecule has 0 heterocycles. The number of nitrogens with one attached hydrogen (secondary N) is 1. The smallest absolute Gasteiger partial charge is 0.408 e. The minimum absolute atomic E-state index is 0.0285. The van der Waals surface area contributed by atoms with Crippen molar-refractivity contribution in [3.05, 3.63) is 59.2 Å². The number of benzene rings is 2. The highest BCUT2D eigenvalue weighted by molar-refractivity contribution is 5.78. The second-order valence-electron chi connectivity index (χ2n) is 4.95. The van der Waals surface area contributed by atoms with Crippen LogP contribution in [-0.2, 0) is 11.3 Å². The van der Waals surface area contributed by atoms with E-state index in [2.05, 4.69) is 17.2 Å². The lowest BCUT2D eigenvalue weighted by Crippen LogP contribution is -2.24. The molecule has 0 saturated carbocycles. The van der Waals surface area contributed by atoms with Gasteiger partial charge in [-0.05, 0) is 17.7 Å². The van der Waals surface area contributed by atoms with E-state index in [0.29, 0.717) is 11.8 Å². The zero-order chi connectivity index (χ0) is 18.1. The van der Waals surface area contributed by atoms with Crippen LogP contribution in [0.5, 0.6) is 11.5 Å². The molecule has 6 heteroatoms. The van der Waals surface area contributed by atoms with Crippen molar-refractivity contribution < 1.29 is 24.2 Å². The molecule has 0 aliphatic rings. The second-order valence-corrected chi connectivity index (χ2v) is 4.95. The number of phenols is 1. The third-order valence-electron chi connectivity index (χ3n) is 3.21. The van der Waals surface area contributed by atoms with Crippen molar-refractivity contribution in [2.24, 2.45) is 0 Å². The molecule has 0 atom stereocenters. The van der Waals surface area contributed by atoms with E-state index in [1.807, 2.05) is 30.3 Å². The van der Waals surface area contributed by atoms with Gasteiger partial charge in [0, 0.05) is 5.56 Å². The second kappa shape index (κ2) is 8.99. The molecule has 1 amide bonds. The molecule has 0 aliphatic carbocycles. The lowest BCUT2D eigenvalue weighted by Gasteiger charge is -2.06. The Morgan fingerprint density at radius 1 is 1.28 bits per heavy atom. The topological polar surface area (TPSA) is 84.9 Å². The molecule has 0 fully saturated rings. The van der Waals surface area contributed by atoms with Crippen LogP contribution >= 0.6 is 0 Å². The van der Waals surface area contributed by atoms with Crippen molar-refractivity contribution in [1.82, 2.24) is 5.32 Å². The van der Waals surface area contributed by atoms with Crippen molar-refractivity contribution in [2.75, 3.05) is 13.7 Å². The summed E-state index contributed by atoms with van der Waals surface area (Å²) in [6.45, 7) is 0.195. The number of rotatable bonds is 5. The fourth-order valence-corrected chi connectivity index (χ4v) is 1.98. The number of aromatic hydroxyl groups is 1. The molecule has 0 unspecified atom stereocenters. The van der Waals surface area contributed by atoms with Crippen LogP contribution < -0.4 is 10.1 Å². The number of methoxy groups -OCH3 is 1. The highest BCUT2D eigenvalue weighted by Crippen LogP contribution is 2.30. The van der Waals surface area contributed by atoms with Crippen LogP contribution in [0.4, 0.5) is 4.79 Å². The third kappa shape index (κ3) is 5.29. The van der Waals surface area contributed by atoms with Crippen LogP contribution in [0.1, 0.15) is 21.5 Å². The zero-order valence-corrected chi connectivity index (χ0v) is 13.6. The number of phenolic OH excluding ortho intramolecular Hbond substituents is 1. The van der Waals surface area contributed by atoms with Gasteiger partial charge >= 0.3 is 6.09 Å². The summed E-state index contributed by atoms with van der Waals surface area (Å²) < 4.78 is 10.0. The van der Waals surface area contributed by atoms with Gasteiger partial charge in [-0.2, -0.15) is 0 Å². The normalized spacial score (nSPS) is 9.48. The molecule has 0 aromatic heterocycles. The van der Waals surface area contributed by atoms with Gasteiger partial charge in [-0.25, -0.2) is 4.79 Å². The van der Waals surface area contributed by atoms with Crippen LogP contribution in [0.15, 0.2) is 42.5 Å². The molecular weight excluding hydrogens is 322 g/mol. The summed E-state index contributed by atoms with van der Waals surface area (Å²) in [5.74, 6) is 5.36. The van der Waals surface area contributed by atoms with Crippen LogP contribution in [0.25, 0.3) is 0 Å². The maximum atomic E-state index is 11.6. The lowest BCUT2D eigenvalue weighted by atomic mass is 10.1. The molecule has 0 radical (unpaired) electrons. The first-order chi connectivity index (χ1) is 12.1. The van der Waals surface area contributed by atoms with Crippen LogP contribution in [0.3, 0.4) is 0 Å². The molecule has 2 aromatic rings. The molecule has 2 rings (SSSR count). The van der Waals surface area contributed by atoms with Gasteiger partial charge in [0.05, 0.1) is 19.2 Å². The van der Waals surface area contributed by atoms with Gasteiger partial charge in [0.2, 0.25) is 0 Å². The van der Waals surface area contributed by atoms with Crippen LogP contribution in [0, 0.1) is 11.8 Å². The highest BCUT2D eigenvalue weighted by atomic mass is 16.5. The molecule has 2 aromatic carbocycles. The van der Waals surface area contributed by atoms with E-state index in [-0.39, 0.29) is 30.2 Å². The van der Waals surface area contributed by atoms with E-state index < -0.39 is 6.09 Å².